The molecule has 0 atom stereocenters. The lowest BCUT2D eigenvalue weighted by molar-refractivity contribution is -0.112. The van der Waals surface area contributed by atoms with Gasteiger partial charge in [-0.25, -0.2) is 4.99 Å². The minimum absolute atomic E-state index is 0.0368. The average Bonchev–Trinajstić information content (AvgIpc) is 2.91. The predicted octanol–water partition coefficient (Wildman–Crippen LogP) is 1.75. The number of Topliss-reactive ketones (excluding diaryl/α,β-unsaturated/α-hetero) is 1. The van der Waals surface area contributed by atoms with Gasteiger partial charge in [-0.2, -0.15) is 0 Å². The number of carbonyl (C=O) groups excluding carboxylic acids is 1. The Kier molecular flexibility index (Phi) is 10.2. The molecule has 1 aliphatic carbocycles. The maximum absolute atomic E-state index is 12.8. The van der Waals surface area contributed by atoms with Crippen LogP contribution in [0.1, 0.15) is 6.92 Å². The van der Waals surface area contributed by atoms with E-state index in [0.717, 1.165) is 11.4 Å². The van der Waals surface area contributed by atoms with Crippen molar-refractivity contribution in [3.8, 4) is 0 Å². The summed E-state index contributed by atoms with van der Waals surface area (Å²) in [5, 5.41) is 50.7. The van der Waals surface area contributed by atoms with E-state index in [1.807, 2.05) is 34.1 Å². The molecule has 0 radical (unpaired) electrons. The van der Waals surface area contributed by atoms with Crippen molar-refractivity contribution in [1.82, 2.24) is 0 Å². The summed E-state index contributed by atoms with van der Waals surface area (Å²) in [5.41, 5.74) is 3.54. The number of aliphatic imine (C=N–C) groups is 1. The summed E-state index contributed by atoms with van der Waals surface area (Å²) in [7, 11) is 0. The summed E-state index contributed by atoms with van der Waals surface area (Å²) >= 11 is 0. The molecule has 0 amide bonds. The number of ketones is 1. The molecule has 0 unspecified atom stereocenters. The molecule has 10 nitrogen and oxygen atoms in total. The third-order valence-corrected chi connectivity index (χ3v) is 5.92. The van der Waals surface area contributed by atoms with Crippen LogP contribution >= 0.6 is 0 Å². The van der Waals surface area contributed by atoms with Gasteiger partial charge >= 0.3 is 0 Å². The molecule has 0 spiro atoms. The van der Waals surface area contributed by atoms with E-state index < -0.39 is 0 Å². The second kappa shape index (κ2) is 13.6. The average molecular weight is 511 g/mol. The molecule has 0 saturated heterocycles. The van der Waals surface area contributed by atoms with Crippen LogP contribution in [-0.2, 0) is 4.79 Å². The number of nitrogens with zero attached hydrogens (tertiary/aromatic N) is 3. The smallest absolute Gasteiger partial charge is 0.208 e. The Morgan fingerprint density at radius 3 is 1.68 bits per heavy atom. The van der Waals surface area contributed by atoms with Crippen LogP contribution in [0.15, 0.2) is 76.6 Å². The van der Waals surface area contributed by atoms with Crippen molar-refractivity contribution < 1.29 is 30.3 Å². The molecule has 0 aromatic heterocycles. The highest BCUT2D eigenvalue weighted by atomic mass is 16.3. The Bertz CT molecular complexity index is 1130. The monoisotopic (exact) mass is 510 g/mol. The Balaban J connectivity index is 1.82. The van der Waals surface area contributed by atoms with Crippen molar-refractivity contribution in [2.45, 2.75) is 6.92 Å². The molecule has 37 heavy (non-hydrogen) atoms. The van der Waals surface area contributed by atoms with Gasteiger partial charge in [0.2, 0.25) is 5.78 Å². The number of allylic oxidation sites excluding steroid dienone is 2. The zero-order chi connectivity index (χ0) is 26.8. The molecule has 2 aromatic rings. The Hall–Kier alpha value is -3.70. The molecule has 0 bridgehead atoms. The van der Waals surface area contributed by atoms with Gasteiger partial charge < -0.3 is 40.6 Å². The molecule has 2 aromatic carbocycles. The van der Waals surface area contributed by atoms with Gasteiger partial charge in [0, 0.05) is 48.8 Å². The van der Waals surface area contributed by atoms with E-state index in [-0.39, 0.29) is 55.0 Å². The topological polar surface area (TPSA) is 149 Å². The first kappa shape index (κ1) is 27.9. The van der Waals surface area contributed by atoms with Crippen molar-refractivity contribution >= 4 is 34.2 Å². The lowest BCUT2D eigenvalue weighted by Crippen LogP contribution is -2.29. The van der Waals surface area contributed by atoms with Crippen LogP contribution in [0.3, 0.4) is 0 Å². The number of anilines is 3. The molecule has 0 saturated carbocycles. The minimum Gasteiger partial charge on any atom is -0.505 e. The van der Waals surface area contributed by atoms with Gasteiger partial charge in [0.05, 0.1) is 37.8 Å². The summed E-state index contributed by atoms with van der Waals surface area (Å²) in [6, 6.07) is 14.4. The summed E-state index contributed by atoms with van der Waals surface area (Å²) in [4.78, 5) is 21.0. The van der Waals surface area contributed by atoms with Gasteiger partial charge in [0.15, 0.2) is 0 Å². The molecule has 10 heteroatoms. The number of hydrogen-bond acceptors (Lipinski definition) is 10. The first-order valence-corrected chi connectivity index (χ1v) is 12.1. The summed E-state index contributed by atoms with van der Waals surface area (Å²) in [5.74, 6) is -0.539. The van der Waals surface area contributed by atoms with Crippen molar-refractivity contribution in [1.29, 1.82) is 0 Å². The maximum atomic E-state index is 12.8. The minimum atomic E-state index is -0.346. The first-order valence-electron chi connectivity index (χ1n) is 12.1. The lowest BCUT2D eigenvalue weighted by atomic mass is 9.99. The lowest BCUT2D eigenvalue weighted by Gasteiger charge is -2.23. The van der Waals surface area contributed by atoms with Gasteiger partial charge in [-0.1, -0.05) is 0 Å². The van der Waals surface area contributed by atoms with Gasteiger partial charge in [0.25, 0.3) is 0 Å². The summed E-state index contributed by atoms with van der Waals surface area (Å²) < 4.78 is 0. The van der Waals surface area contributed by atoms with Gasteiger partial charge in [-0.3, -0.25) is 4.79 Å². The van der Waals surface area contributed by atoms with E-state index in [2.05, 4.69) is 10.3 Å². The Labute approximate surface area is 216 Å². The van der Waals surface area contributed by atoms with E-state index in [1.54, 1.807) is 24.3 Å². The summed E-state index contributed by atoms with van der Waals surface area (Å²) in [6.07, 6.45) is 1.50. The Morgan fingerprint density at radius 1 is 0.757 bits per heavy atom. The highest BCUT2D eigenvalue weighted by Crippen LogP contribution is 2.26. The molecule has 0 aliphatic heterocycles. The van der Waals surface area contributed by atoms with E-state index in [4.69, 9.17) is 0 Å². The highest BCUT2D eigenvalue weighted by Gasteiger charge is 2.24. The Morgan fingerprint density at radius 2 is 1.22 bits per heavy atom. The van der Waals surface area contributed by atoms with Crippen LogP contribution in [0, 0.1) is 0 Å². The summed E-state index contributed by atoms with van der Waals surface area (Å²) in [6.45, 7) is 2.95. The highest BCUT2D eigenvalue weighted by molar-refractivity contribution is 6.24. The molecule has 6 N–H and O–H groups in total. The molecule has 1 aliphatic rings. The fourth-order valence-corrected chi connectivity index (χ4v) is 3.96. The zero-order valence-electron chi connectivity index (χ0n) is 20.8. The van der Waals surface area contributed by atoms with Crippen LogP contribution in [0.5, 0.6) is 0 Å². The van der Waals surface area contributed by atoms with Crippen LogP contribution in [0.4, 0.5) is 22.7 Å². The fourth-order valence-electron chi connectivity index (χ4n) is 3.96. The molecule has 0 heterocycles. The third-order valence-electron chi connectivity index (χ3n) is 5.92. The van der Waals surface area contributed by atoms with Crippen molar-refractivity contribution in [2.24, 2.45) is 4.99 Å². The molecule has 3 rings (SSSR count). The van der Waals surface area contributed by atoms with Gasteiger partial charge in [0.1, 0.15) is 11.5 Å². The molecule has 0 fully saturated rings. The van der Waals surface area contributed by atoms with E-state index in [9.17, 15) is 30.3 Å². The van der Waals surface area contributed by atoms with Crippen LogP contribution in [0.2, 0.25) is 0 Å². The second-order valence-electron chi connectivity index (χ2n) is 8.41. The molecule has 198 valence electrons. The van der Waals surface area contributed by atoms with E-state index in [1.165, 1.54) is 13.0 Å². The number of nitrogens with one attached hydrogen (secondary N) is 1. The molecular formula is C27H34N4O6. The van der Waals surface area contributed by atoms with Crippen LogP contribution in [-0.4, -0.2) is 89.6 Å². The quantitative estimate of drug-likeness (QED) is 0.222. The van der Waals surface area contributed by atoms with Crippen LogP contribution in [0.25, 0.3) is 0 Å². The largest absolute Gasteiger partial charge is 0.505 e. The number of aliphatic hydroxyl groups is 5. The van der Waals surface area contributed by atoms with Crippen LogP contribution < -0.4 is 15.1 Å². The maximum Gasteiger partial charge on any atom is 0.208 e. The molecular weight excluding hydrogens is 476 g/mol. The standard InChI is InChI=1S/C27H34N4O6/c1-19-26(36)24(28-20-2-6-22(7-3-20)30(10-14-32)11-15-33)18-25(27(19)37)29-21-4-8-23(9-5-21)31(12-16-34)13-17-35/h2-9,18,28,32-35,37H,10-17H2,1H3/b29-25-. The van der Waals surface area contributed by atoms with Crippen molar-refractivity contribution in [3.05, 3.63) is 71.6 Å². The van der Waals surface area contributed by atoms with Gasteiger partial charge in [-0.15, -0.1) is 0 Å². The SMILES string of the molecule is CC1=C(O)/C(=N\c2ccc(N(CCO)CCO)cc2)C=C(Nc2ccc(N(CCO)CCO)cc2)C1=O. The zero-order valence-corrected chi connectivity index (χ0v) is 20.8. The fraction of sp³-hybridized carbons (Fsp3) is 0.333. The number of aliphatic hydroxyl groups excluding tert-OH is 5. The van der Waals surface area contributed by atoms with Gasteiger partial charge in [-0.05, 0) is 61.5 Å². The van der Waals surface area contributed by atoms with Crippen molar-refractivity contribution in [2.75, 3.05) is 67.7 Å². The number of rotatable bonds is 13. The third kappa shape index (κ3) is 7.17. The predicted molar refractivity (Wildman–Crippen MR) is 145 cm³/mol. The number of benzene rings is 2. The first-order chi connectivity index (χ1) is 17.9. The number of hydrogen-bond donors (Lipinski definition) is 6. The van der Waals surface area contributed by atoms with E-state index in [0.29, 0.717) is 37.6 Å². The second-order valence-corrected chi connectivity index (χ2v) is 8.41. The number of carbonyl (C=O) groups is 1. The normalized spacial score (nSPS) is 14.7. The van der Waals surface area contributed by atoms with Crippen molar-refractivity contribution in [3.63, 3.8) is 0 Å². The van der Waals surface area contributed by atoms with E-state index >= 15 is 0 Å².